The molecule has 0 spiro atoms. The number of aliphatic hydroxyl groups is 1. The summed E-state index contributed by atoms with van der Waals surface area (Å²) in [4.78, 5) is 0. The van der Waals surface area contributed by atoms with Crippen molar-refractivity contribution in [2.24, 2.45) is 11.7 Å². The highest BCUT2D eigenvalue weighted by atomic mass is 19.1. The van der Waals surface area contributed by atoms with Gasteiger partial charge in [-0.2, -0.15) is 0 Å². The Morgan fingerprint density at radius 3 is 2.83 bits per heavy atom. The van der Waals surface area contributed by atoms with Gasteiger partial charge in [0.05, 0.1) is 11.6 Å². The molecule has 4 heteroatoms. The molecule has 1 fully saturated rings. The van der Waals surface area contributed by atoms with Crippen LogP contribution < -0.4 is 5.73 Å². The van der Waals surface area contributed by atoms with E-state index in [1.807, 2.05) is 6.92 Å². The molecule has 3 nitrogen and oxygen atoms in total. The third-order valence-corrected chi connectivity index (χ3v) is 3.84. The van der Waals surface area contributed by atoms with Gasteiger partial charge in [-0.1, -0.05) is 18.2 Å². The predicted octanol–water partition coefficient (Wildman–Crippen LogP) is 1.79. The number of nitrogens with two attached hydrogens (primary N) is 1. The van der Waals surface area contributed by atoms with Crippen molar-refractivity contribution in [3.63, 3.8) is 0 Å². The van der Waals surface area contributed by atoms with Crippen molar-refractivity contribution in [2.75, 3.05) is 13.2 Å². The van der Waals surface area contributed by atoms with E-state index in [-0.39, 0.29) is 24.4 Å². The van der Waals surface area contributed by atoms with Crippen LogP contribution in [0.25, 0.3) is 0 Å². The summed E-state index contributed by atoms with van der Waals surface area (Å²) in [6.45, 7) is 2.48. The molecule has 0 aromatic heterocycles. The number of hydrogen-bond donors (Lipinski definition) is 2. The fourth-order valence-electron chi connectivity index (χ4n) is 2.92. The highest BCUT2D eigenvalue weighted by Crippen LogP contribution is 2.43. The fraction of sp³-hybridized carbons (Fsp3) is 0.571. The van der Waals surface area contributed by atoms with Crippen LogP contribution in [0.2, 0.25) is 0 Å². The summed E-state index contributed by atoms with van der Waals surface area (Å²) in [5, 5.41) is 9.48. The predicted molar refractivity (Wildman–Crippen MR) is 67.5 cm³/mol. The summed E-state index contributed by atoms with van der Waals surface area (Å²) in [6.07, 6.45) is 1.22. The molecular formula is C14H20FNO2. The lowest BCUT2D eigenvalue weighted by Gasteiger charge is -2.31. The molecular weight excluding hydrogens is 233 g/mol. The van der Waals surface area contributed by atoms with E-state index in [0.717, 1.165) is 0 Å². The zero-order valence-electron chi connectivity index (χ0n) is 10.6. The molecule has 0 aliphatic heterocycles. The van der Waals surface area contributed by atoms with Gasteiger partial charge in [-0.3, -0.25) is 0 Å². The first-order valence-corrected chi connectivity index (χ1v) is 6.38. The van der Waals surface area contributed by atoms with Crippen molar-refractivity contribution in [2.45, 2.75) is 31.4 Å². The molecule has 0 bridgehead atoms. The van der Waals surface area contributed by atoms with Gasteiger partial charge in [-0.05, 0) is 25.8 Å². The molecule has 1 saturated carbocycles. The van der Waals surface area contributed by atoms with Gasteiger partial charge in [-0.15, -0.1) is 0 Å². The van der Waals surface area contributed by atoms with E-state index in [1.54, 1.807) is 18.2 Å². The summed E-state index contributed by atoms with van der Waals surface area (Å²) in [7, 11) is 0. The van der Waals surface area contributed by atoms with Gasteiger partial charge >= 0.3 is 0 Å². The molecule has 1 aliphatic carbocycles. The molecule has 18 heavy (non-hydrogen) atoms. The van der Waals surface area contributed by atoms with Crippen molar-refractivity contribution in [3.05, 3.63) is 35.6 Å². The summed E-state index contributed by atoms with van der Waals surface area (Å²) >= 11 is 0. The van der Waals surface area contributed by atoms with E-state index >= 15 is 0 Å². The van der Waals surface area contributed by atoms with Crippen LogP contribution >= 0.6 is 0 Å². The van der Waals surface area contributed by atoms with Crippen LogP contribution in [0.1, 0.15) is 25.3 Å². The summed E-state index contributed by atoms with van der Waals surface area (Å²) in [5.74, 6) is -0.471. The minimum Gasteiger partial charge on any atom is -0.396 e. The van der Waals surface area contributed by atoms with Crippen molar-refractivity contribution >= 4 is 0 Å². The molecule has 0 heterocycles. The normalized spacial score (nSPS) is 31.8. The first-order valence-electron chi connectivity index (χ1n) is 6.38. The number of halogens is 1. The van der Waals surface area contributed by atoms with Gasteiger partial charge < -0.3 is 15.6 Å². The van der Waals surface area contributed by atoms with Crippen LogP contribution in [0, 0.1) is 11.7 Å². The topological polar surface area (TPSA) is 55.5 Å². The quantitative estimate of drug-likeness (QED) is 0.860. The zero-order valence-corrected chi connectivity index (χ0v) is 10.6. The standard InChI is InChI=1S/C14H20FNO2/c1-2-18-11-7-10(9-17)14(16,8-11)12-5-3-4-6-13(12)15/h3-6,10-11,17H,2,7-9,16H2,1H3/t10-,11?,14-/m0/s1. The summed E-state index contributed by atoms with van der Waals surface area (Å²) in [6, 6.07) is 6.53. The summed E-state index contributed by atoms with van der Waals surface area (Å²) < 4.78 is 19.5. The minimum atomic E-state index is -0.833. The Morgan fingerprint density at radius 1 is 1.50 bits per heavy atom. The van der Waals surface area contributed by atoms with Crippen LogP contribution in [0.15, 0.2) is 24.3 Å². The highest BCUT2D eigenvalue weighted by Gasteiger charge is 2.46. The van der Waals surface area contributed by atoms with Crippen molar-refractivity contribution in [3.8, 4) is 0 Å². The third kappa shape index (κ3) is 2.28. The van der Waals surface area contributed by atoms with E-state index in [9.17, 15) is 9.50 Å². The average Bonchev–Trinajstić information content (AvgIpc) is 2.67. The molecule has 1 aliphatic rings. The van der Waals surface area contributed by atoms with Crippen molar-refractivity contribution < 1.29 is 14.2 Å². The smallest absolute Gasteiger partial charge is 0.128 e. The second kappa shape index (κ2) is 5.34. The molecule has 0 radical (unpaired) electrons. The molecule has 0 saturated heterocycles. The van der Waals surface area contributed by atoms with Crippen LogP contribution in [-0.4, -0.2) is 24.4 Å². The van der Waals surface area contributed by atoms with Crippen molar-refractivity contribution in [1.82, 2.24) is 0 Å². The molecule has 3 N–H and O–H groups in total. The van der Waals surface area contributed by atoms with Gasteiger partial charge in [0.2, 0.25) is 0 Å². The maximum absolute atomic E-state index is 13.9. The van der Waals surface area contributed by atoms with Gasteiger partial charge in [-0.25, -0.2) is 4.39 Å². The first-order chi connectivity index (χ1) is 8.61. The van der Waals surface area contributed by atoms with Crippen molar-refractivity contribution in [1.29, 1.82) is 0 Å². The second-order valence-electron chi connectivity index (χ2n) is 4.92. The molecule has 0 amide bonds. The van der Waals surface area contributed by atoms with Gasteiger partial charge in [0.1, 0.15) is 5.82 Å². The zero-order chi connectivity index (χ0) is 13.2. The Kier molecular flexibility index (Phi) is 4.00. The largest absolute Gasteiger partial charge is 0.396 e. The maximum atomic E-state index is 13.9. The van der Waals surface area contributed by atoms with Crippen LogP contribution in [-0.2, 0) is 10.3 Å². The highest BCUT2D eigenvalue weighted by molar-refractivity contribution is 5.29. The van der Waals surface area contributed by atoms with E-state index in [4.69, 9.17) is 10.5 Å². The molecule has 1 unspecified atom stereocenters. The van der Waals surface area contributed by atoms with Crippen LogP contribution in [0.5, 0.6) is 0 Å². The molecule has 1 aromatic carbocycles. The van der Waals surface area contributed by atoms with Gasteiger partial charge in [0.25, 0.3) is 0 Å². The van der Waals surface area contributed by atoms with Gasteiger partial charge in [0, 0.05) is 24.7 Å². The molecule has 1 aromatic rings. The Bertz CT molecular complexity index is 413. The molecule has 3 atom stereocenters. The van der Waals surface area contributed by atoms with E-state index in [0.29, 0.717) is 25.0 Å². The average molecular weight is 253 g/mol. The Hall–Kier alpha value is -0.970. The maximum Gasteiger partial charge on any atom is 0.128 e. The lowest BCUT2D eigenvalue weighted by atomic mass is 9.81. The van der Waals surface area contributed by atoms with E-state index in [2.05, 4.69) is 0 Å². The Morgan fingerprint density at radius 2 is 2.22 bits per heavy atom. The molecule has 100 valence electrons. The van der Waals surface area contributed by atoms with Crippen LogP contribution in [0.3, 0.4) is 0 Å². The Labute approximate surface area is 107 Å². The van der Waals surface area contributed by atoms with E-state index < -0.39 is 5.54 Å². The van der Waals surface area contributed by atoms with Crippen LogP contribution in [0.4, 0.5) is 4.39 Å². The number of benzene rings is 1. The summed E-state index contributed by atoms with van der Waals surface area (Å²) in [5.41, 5.74) is 6.02. The number of hydrogen-bond acceptors (Lipinski definition) is 3. The Balaban J connectivity index is 2.31. The fourth-order valence-corrected chi connectivity index (χ4v) is 2.92. The van der Waals surface area contributed by atoms with Gasteiger partial charge in [0.15, 0.2) is 0 Å². The second-order valence-corrected chi connectivity index (χ2v) is 4.92. The number of ether oxygens (including phenoxy) is 1. The lowest BCUT2D eigenvalue weighted by molar-refractivity contribution is 0.0612. The minimum absolute atomic E-state index is 0.00300. The third-order valence-electron chi connectivity index (χ3n) is 3.84. The first kappa shape index (κ1) is 13.5. The lowest BCUT2D eigenvalue weighted by Crippen LogP contribution is -2.43. The number of aliphatic hydroxyl groups excluding tert-OH is 1. The SMILES string of the molecule is CCOC1C[C@@H](CO)[C@](N)(c2ccccc2F)C1. The molecule has 2 rings (SSSR count). The monoisotopic (exact) mass is 253 g/mol. The number of rotatable bonds is 4. The van der Waals surface area contributed by atoms with E-state index in [1.165, 1.54) is 6.07 Å².